The van der Waals surface area contributed by atoms with Gasteiger partial charge < -0.3 is 4.42 Å². The van der Waals surface area contributed by atoms with E-state index in [1.165, 1.54) is 24.3 Å². The van der Waals surface area contributed by atoms with Crippen LogP contribution in [0.4, 0.5) is 14.5 Å². The van der Waals surface area contributed by atoms with Crippen LogP contribution < -0.4 is 0 Å². The lowest BCUT2D eigenvalue weighted by Gasteiger charge is -2.00. The van der Waals surface area contributed by atoms with Crippen molar-refractivity contribution in [2.24, 2.45) is 0 Å². The third kappa shape index (κ3) is 3.57. The van der Waals surface area contributed by atoms with Gasteiger partial charge >= 0.3 is 0 Å². The van der Waals surface area contributed by atoms with E-state index in [9.17, 15) is 18.9 Å². The third-order valence-electron chi connectivity index (χ3n) is 3.04. The van der Waals surface area contributed by atoms with E-state index in [2.05, 4.69) is 10.2 Å². The molecule has 3 rings (SSSR count). The Morgan fingerprint density at radius 3 is 2.58 bits per heavy atom. The average Bonchev–Trinajstić information content (AvgIpc) is 3.05. The number of thioether (sulfide) groups is 1. The highest BCUT2D eigenvalue weighted by molar-refractivity contribution is 7.98. The Morgan fingerprint density at radius 2 is 1.88 bits per heavy atom. The number of rotatable bonds is 5. The number of benzene rings is 2. The van der Waals surface area contributed by atoms with E-state index in [1.54, 1.807) is 0 Å². The number of aromatic nitrogens is 2. The zero-order valence-electron chi connectivity index (χ0n) is 12.0. The van der Waals surface area contributed by atoms with Crippen LogP contribution in [-0.2, 0) is 5.75 Å². The summed E-state index contributed by atoms with van der Waals surface area (Å²) in [5.74, 6) is -0.467. The molecule has 0 amide bonds. The fourth-order valence-corrected chi connectivity index (χ4v) is 2.68. The van der Waals surface area contributed by atoms with E-state index in [0.29, 0.717) is 5.56 Å². The molecule has 0 fully saturated rings. The maximum absolute atomic E-state index is 13.5. The van der Waals surface area contributed by atoms with Gasteiger partial charge in [-0.25, -0.2) is 8.78 Å². The molecule has 0 N–H and O–H groups in total. The Kier molecular flexibility index (Phi) is 4.52. The maximum Gasteiger partial charge on any atom is 0.269 e. The van der Waals surface area contributed by atoms with Crippen LogP contribution in [-0.4, -0.2) is 15.1 Å². The van der Waals surface area contributed by atoms with Crippen molar-refractivity contribution in [3.63, 3.8) is 0 Å². The summed E-state index contributed by atoms with van der Waals surface area (Å²) < 4.78 is 32.1. The molecular weight excluding hydrogens is 340 g/mol. The summed E-state index contributed by atoms with van der Waals surface area (Å²) in [5.41, 5.74) is 0.483. The van der Waals surface area contributed by atoms with Gasteiger partial charge in [-0.05, 0) is 30.3 Å². The van der Waals surface area contributed by atoms with Crippen LogP contribution in [0.15, 0.2) is 51.8 Å². The minimum absolute atomic E-state index is 0.0457. The van der Waals surface area contributed by atoms with Crippen LogP contribution in [0.2, 0.25) is 0 Å². The van der Waals surface area contributed by atoms with Gasteiger partial charge in [0, 0.05) is 22.6 Å². The minimum atomic E-state index is -0.531. The minimum Gasteiger partial charge on any atom is -0.420 e. The molecule has 0 unspecified atom stereocenters. The van der Waals surface area contributed by atoms with Crippen LogP contribution >= 0.6 is 11.8 Å². The number of halogens is 2. The van der Waals surface area contributed by atoms with E-state index < -0.39 is 16.6 Å². The number of non-ortho nitro benzene ring substituents is 1. The normalized spacial score (nSPS) is 10.8. The lowest BCUT2D eigenvalue weighted by Crippen LogP contribution is -1.87. The zero-order chi connectivity index (χ0) is 17.1. The highest BCUT2D eigenvalue weighted by Gasteiger charge is 2.12. The molecule has 1 aromatic heterocycles. The van der Waals surface area contributed by atoms with E-state index in [1.807, 2.05) is 0 Å². The molecule has 1 heterocycles. The van der Waals surface area contributed by atoms with Crippen molar-refractivity contribution in [3.05, 3.63) is 70.1 Å². The van der Waals surface area contributed by atoms with Crippen molar-refractivity contribution >= 4 is 17.4 Å². The van der Waals surface area contributed by atoms with Gasteiger partial charge in [-0.3, -0.25) is 10.1 Å². The Bertz CT molecular complexity index is 884. The summed E-state index contributed by atoms with van der Waals surface area (Å²) in [6.45, 7) is 0. The number of nitro benzene ring substituents is 1. The Hall–Kier alpha value is -2.81. The monoisotopic (exact) mass is 349 g/mol. The number of hydrogen-bond donors (Lipinski definition) is 0. The molecule has 0 atom stereocenters. The molecular formula is C15H9F2N3O3S. The largest absolute Gasteiger partial charge is 0.420 e. The molecule has 122 valence electrons. The van der Waals surface area contributed by atoms with Crippen LogP contribution in [0.5, 0.6) is 0 Å². The van der Waals surface area contributed by atoms with Crippen LogP contribution in [0, 0.1) is 21.7 Å². The zero-order valence-corrected chi connectivity index (χ0v) is 12.8. The molecule has 9 heteroatoms. The standard InChI is InChI=1S/C15H9F2N3O3S/c16-10-3-6-12(17)13(7-10)24-8-14-18-19-15(23-14)9-1-4-11(5-2-9)20(21)22/h1-7H,8H2. The Balaban J connectivity index is 1.71. The second kappa shape index (κ2) is 6.75. The molecule has 0 saturated heterocycles. The fraction of sp³-hybridized carbons (Fsp3) is 0.0667. The molecule has 2 aromatic carbocycles. The third-order valence-corrected chi connectivity index (χ3v) is 4.05. The van der Waals surface area contributed by atoms with E-state index in [0.717, 1.165) is 30.0 Å². The molecule has 0 bridgehead atoms. The molecule has 3 aromatic rings. The van der Waals surface area contributed by atoms with E-state index in [-0.39, 0.29) is 28.1 Å². The first-order chi connectivity index (χ1) is 11.5. The van der Waals surface area contributed by atoms with Gasteiger partial charge in [0.05, 0.1) is 10.7 Å². The molecule has 0 aliphatic heterocycles. The average molecular weight is 349 g/mol. The fourth-order valence-electron chi connectivity index (χ4n) is 1.88. The van der Waals surface area contributed by atoms with Crippen LogP contribution in [0.25, 0.3) is 11.5 Å². The SMILES string of the molecule is O=[N+]([O-])c1ccc(-c2nnc(CSc3cc(F)ccc3F)o2)cc1. The lowest BCUT2D eigenvalue weighted by molar-refractivity contribution is -0.384. The van der Waals surface area contributed by atoms with Crippen molar-refractivity contribution in [1.82, 2.24) is 10.2 Å². The smallest absolute Gasteiger partial charge is 0.269 e. The van der Waals surface area contributed by atoms with Crippen molar-refractivity contribution < 1.29 is 18.1 Å². The van der Waals surface area contributed by atoms with Crippen molar-refractivity contribution in [3.8, 4) is 11.5 Å². The van der Waals surface area contributed by atoms with Gasteiger partial charge in [0.25, 0.3) is 5.69 Å². The quantitative estimate of drug-likeness (QED) is 0.390. The summed E-state index contributed by atoms with van der Waals surface area (Å²) in [6, 6.07) is 8.83. The molecule has 0 spiro atoms. The van der Waals surface area contributed by atoms with Gasteiger partial charge in [0.2, 0.25) is 11.8 Å². The second-order valence-corrected chi connectivity index (χ2v) is 5.69. The van der Waals surface area contributed by atoms with Crippen molar-refractivity contribution in [2.45, 2.75) is 10.6 Å². The predicted octanol–water partition coefficient (Wildman–Crippen LogP) is 4.22. The summed E-state index contributed by atoms with van der Waals surface area (Å²) >= 11 is 1.03. The molecule has 0 aliphatic rings. The number of nitrogens with zero attached hydrogens (tertiary/aromatic N) is 3. The predicted molar refractivity (Wildman–Crippen MR) is 82.3 cm³/mol. The molecule has 0 saturated carbocycles. The molecule has 6 nitrogen and oxygen atoms in total. The maximum atomic E-state index is 13.5. The van der Waals surface area contributed by atoms with E-state index >= 15 is 0 Å². The Morgan fingerprint density at radius 1 is 1.12 bits per heavy atom. The Labute approximate surface area is 138 Å². The first kappa shape index (κ1) is 16.1. The van der Waals surface area contributed by atoms with Gasteiger partial charge in [-0.15, -0.1) is 22.0 Å². The first-order valence-corrected chi connectivity index (χ1v) is 7.66. The number of hydrogen-bond acceptors (Lipinski definition) is 6. The van der Waals surface area contributed by atoms with Gasteiger partial charge in [0.1, 0.15) is 11.6 Å². The van der Waals surface area contributed by atoms with E-state index in [4.69, 9.17) is 4.42 Å². The molecule has 0 aliphatic carbocycles. The summed E-state index contributed by atoms with van der Waals surface area (Å²) in [4.78, 5) is 10.3. The van der Waals surface area contributed by atoms with Crippen LogP contribution in [0.1, 0.15) is 5.89 Å². The summed E-state index contributed by atoms with van der Waals surface area (Å²) in [7, 11) is 0. The van der Waals surface area contributed by atoms with Gasteiger partial charge in [0.15, 0.2) is 0 Å². The molecule has 24 heavy (non-hydrogen) atoms. The summed E-state index contributed by atoms with van der Waals surface area (Å²) in [6.07, 6.45) is 0. The summed E-state index contributed by atoms with van der Waals surface area (Å²) in [5, 5.41) is 18.3. The molecule has 0 radical (unpaired) electrons. The highest BCUT2D eigenvalue weighted by Crippen LogP contribution is 2.27. The number of nitro groups is 1. The highest BCUT2D eigenvalue weighted by atomic mass is 32.2. The van der Waals surface area contributed by atoms with Crippen molar-refractivity contribution in [1.29, 1.82) is 0 Å². The van der Waals surface area contributed by atoms with Crippen molar-refractivity contribution in [2.75, 3.05) is 0 Å². The van der Waals surface area contributed by atoms with Gasteiger partial charge in [-0.2, -0.15) is 0 Å². The van der Waals surface area contributed by atoms with Crippen LogP contribution in [0.3, 0.4) is 0 Å². The second-order valence-electron chi connectivity index (χ2n) is 4.67. The lowest BCUT2D eigenvalue weighted by atomic mass is 10.2. The topological polar surface area (TPSA) is 82.1 Å². The van der Waals surface area contributed by atoms with Gasteiger partial charge in [-0.1, -0.05) is 0 Å². The first-order valence-electron chi connectivity index (χ1n) is 6.68.